The number of aliphatic hydroxyl groups is 1. The van der Waals surface area contributed by atoms with Gasteiger partial charge in [0.1, 0.15) is 11.6 Å². The van der Waals surface area contributed by atoms with Gasteiger partial charge < -0.3 is 10.0 Å². The molecule has 0 aliphatic carbocycles. The zero-order valence-corrected chi connectivity index (χ0v) is 19.9. The summed E-state index contributed by atoms with van der Waals surface area (Å²) < 4.78 is 13.4. The van der Waals surface area contributed by atoms with Gasteiger partial charge in [-0.05, 0) is 46.4 Å². The van der Waals surface area contributed by atoms with E-state index in [2.05, 4.69) is 20.8 Å². The van der Waals surface area contributed by atoms with E-state index in [1.165, 1.54) is 17.0 Å². The molecule has 1 amide bonds. The topological polar surface area (TPSA) is 57.6 Å². The number of amides is 1. The first-order valence-corrected chi connectivity index (χ1v) is 11.3. The van der Waals surface area contributed by atoms with Crippen molar-refractivity contribution in [3.8, 4) is 0 Å². The first-order chi connectivity index (χ1) is 16.1. The number of ketones is 1. The molecule has 0 radical (unpaired) electrons. The lowest BCUT2D eigenvalue weighted by molar-refractivity contribution is -0.140. The molecule has 0 spiro atoms. The number of likely N-dealkylation sites (tertiary alicyclic amines) is 1. The van der Waals surface area contributed by atoms with Gasteiger partial charge in [-0.15, -0.1) is 0 Å². The summed E-state index contributed by atoms with van der Waals surface area (Å²) in [5.74, 6) is -2.17. The predicted octanol–water partition coefficient (Wildman–Crippen LogP) is 6.40. The summed E-state index contributed by atoms with van der Waals surface area (Å²) in [6.45, 7) is 6.38. The van der Waals surface area contributed by atoms with Crippen LogP contribution in [0.25, 0.3) is 5.76 Å². The van der Waals surface area contributed by atoms with Gasteiger partial charge in [-0.2, -0.15) is 0 Å². The van der Waals surface area contributed by atoms with E-state index in [1.807, 2.05) is 24.3 Å². The minimum absolute atomic E-state index is 0.00196. The molecule has 0 aromatic heterocycles. The fraction of sp³-hybridized carbons (Fsp3) is 0.214. The van der Waals surface area contributed by atoms with Gasteiger partial charge in [-0.1, -0.05) is 80.9 Å². The molecule has 174 valence electrons. The number of hydrogen-bond donors (Lipinski definition) is 1. The van der Waals surface area contributed by atoms with Crippen molar-refractivity contribution < 1.29 is 19.1 Å². The molecule has 3 aromatic carbocycles. The van der Waals surface area contributed by atoms with Crippen LogP contribution in [0, 0.1) is 5.82 Å². The lowest BCUT2D eigenvalue weighted by Crippen LogP contribution is -2.29. The van der Waals surface area contributed by atoms with Crippen molar-refractivity contribution in [1.82, 2.24) is 4.90 Å². The molecule has 4 nitrogen and oxygen atoms in total. The van der Waals surface area contributed by atoms with E-state index in [-0.39, 0.29) is 29.1 Å². The molecule has 1 aliphatic rings. The SMILES string of the molecule is CC(C)(C)c1ccc(C2/C(=C(/O)c3cccc(Cl)c3)C(=O)C(=O)N2Cc2ccc(F)cc2)cc1. The number of benzene rings is 3. The summed E-state index contributed by atoms with van der Waals surface area (Å²) in [5, 5.41) is 11.5. The lowest BCUT2D eigenvalue weighted by atomic mass is 9.85. The minimum Gasteiger partial charge on any atom is -0.507 e. The van der Waals surface area contributed by atoms with Gasteiger partial charge >= 0.3 is 0 Å². The predicted molar refractivity (Wildman–Crippen MR) is 131 cm³/mol. The Morgan fingerprint density at radius 3 is 2.24 bits per heavy atom. The van der Waals surface area contributed by atoms with Crippen LogP contribution in [0.15, 0.2) is 78.4 Å². The van der Waals surface area contributed by atoms with Gasteiger partial charge in [0.15, 0.2) is 0 Å². The highest BCUT2D eigenvalue weighted by molar-refractivity contribution is 6.46. The molecule has 1 fully saturated rings. The van der Waals surface area contributed by atoms with Crippen LogP contribution in [0.1, 0.15) is 49.1 Å². The van der Waals surface area contributed by atoms with Crippen LogP contribution in [-0.2, 0) is 21.5 Å². The maximum atomic E-state index is 13.4. The molecule has 0 bridgehead atoms. The van der Waals surface area contributed by atoms with Gasteiger partial charge in [0.25, 0.3) is 11.7 Å². The van der Waals surface area contributed by atoms with Crippen molar-refractivity contribution in [1.29, 1.82) is 0 Å². The zero-order chi connectivity index (χ0) is 24.6. The van der Waals surface area contributed by atoms with E-state index in [9.17, 15) is 19.1 Å². The first kappa shape index (κ1) is 23.7. The highest BCUT2D eigenvalue weighted by atomic mass is 35.5. The summed E-state index contributed by atoms with van der Waals surface area (Å²) in [5.41, 5.74) is 2.73. The summed E-state index contributed by atoms with van der Waals surface area (Å²) in [7, 11) is 0. The largest absolute Gasteiger partial charge is 0.507 e. The van der Waals surface area contributed by atoms with Crippen LogP contribution in [0.2, 0.25) is 5.02 Å². The van der Waals surface area contributed by atoms with E-state index in [1.54, 1.807) is 36.4 Å². The molecule has 4 rings (SSSR count). The maximum absolute atomic E-state index is 13.4. The first-order valence-electron chi connectivity index (χ1n) is 11.0. The molecule has 3 aromatic rings. The third kappa shape index (κ3) is 4.62. The van der Waals surface area contributed by atoms with Crippen LogP contribution in [0.5, 0.6) is 0 Å². The molecule has 6 heteroatoms. The molecule has 1 aliphatic heterocycles. The molecule has 0 saturated carbocycles. The monoisotopic (exact) mass is 477 g/mol. The number of carbonyl (C=O) groups is 2. The van der Waals surface area contributed by atoms with Crippen molar-refractivity contribution in [2.75, 3.05) is 0 Å². The number of nitrogens with zero attached hydrogens (tertiary/aromatic N) is 1. The van der Waals surface area contributed by atoms with Crippen LogP contribution in [0.4, 0.5) is 4.39 Å². The Bertz CT molecular complexity index is 1270. The second-order valence-corrected chi connectivity index (χ2v) is 9.87. The normalized spacial score (nSPS) is 17.9. The van der Waals surface area contributed by atoms with Crippen LogP contribution in [0.3, 0.4) is 0 Å². The Morgan fingerprint density at radius 2 is 1.65 bits per heavy atom. The summed E-state index contributed by atoms with van der Waals surface area (Å²) in [6, 6.07) is 19.1. The second kappa shape index (κ2) is 9.07. The molecule has 1 atom stereocenters. The molecular weight excluding hydrogens is 453 g/mol. The standard InChI is InChI=1S/C28H25ClFNO3/c1-28(2,3)20-11-9-18(10-12-20)24-23(25(32)19-5-4-6-21(29)15-19)26(33)27(34)31(24)16-17-7-13-22(30)14-8-17/h4-15,24,32H,16H2,1-3H3/b25-23-. The Balaban J connectivity index is 1.85. The van der Waals surface area contributed by atoms with Gasteiger partial charge in [0.05, 0.1) is 11.6 Å². The third-order valence-corrected chi connectivity index (χ3v) is 6.23. The summed E-state index contributed by atoms with van der Waals surface area (Å²) >= 11 is 6.10. The summed E-state index contributed by atoms with van der Waals surface area (Å²) in [6.07, 6.45) is 0. The lowest BCUT2D eigenvalue weighted by Gasteiger charge is -2.26. The highest BCUT2D eigenvalue weighted by Gasteiger charge is 2.46. The number of Topliss-reactive ketones (excluding diaryl/α,β-unsaturated/α-hetero) is 1. The molecule has 1 heterocycles. The fourth-order valence-electron chi connectivity index (χ4n) is 4.13. The Morgan fingerprint density at radius 1 is 1.00 bits per heavy atom. The molecular formula is C28H25ClFNO3. The smallest absolute Gasteiger partial charge is 0.295 e. The van der Waals surface area contributed by atoms with Gasteiger partial charge in [0.2, 0.25) is 0 Å². The molecule has 1 unspecified atom stereocenters. The number of carbonyl (C=O) groups excluding carboxylic acids is 2. The Kier molecular flexibility index (Phi) is 6.32. The Hall–Kier alpha value is -3.44. The van der Waals surface area contributed by atoms with E-state index in [0.717, 1.165) is 5.56 Å². The highest BCUT2D eigenvalue weighted by Crippen LogP contribution is 2.41. The van der Waals surface area contributed by atoms with Crippen LogP contribution >= 0.6 is 11.6 Å². The van der Waals surface area contributed by atoms with Crippen LogP contribution < -0.4 is 0 Å². The molecule has 1 saturated heterocycles. The van der Waals surface area contributed by atoms with Gasteiger partial charge in [-0.25, -0.2) is 4.39 Å². The average molecular weight is 478 g/mol. The van der Waals surface area contributed by atoms with Crippen molar-refractivity contribution in [3.05, 3.63) is 111 Å². The quantitative estimate of drug-likeness (QED) is 0.269. The molecule has 1 N–H and O–H groups in total. The van der Waals surface area contributed by atoms with E-state index >= 15 is 0 Å². The molecule has 34 heavy (non-hydrogen) atoms. The number of rotatable bonds is 4. The van der Waals surface area contributed by atoms with Crippen molar-refractivity contribution in [2.45, 2.75) is 38.8 Å². The van der Waals surface area contributed by atoms with Gasteiger partial charge in [-0.3, -0.25) is 9.59 Å². The van der Waals surface area contributed by atoms with Gasteiger partial charge in [0, 0.05) is 17.1 Å². The second-order valence-electron chi connectivity index (χ2n) is 9.44. The van der Waals surface area contributed by atoms with Crippen LogP contribution in [-0.4, -0.2) is 21.7 Å². The van der Waals surface area contributed by atoms with Crippen molar-refractivity contribution in [2.24, 2.45) is 0 Å². The van der Waals surface area contributed by atoms with E-state index in [4.69, 9.17) is 11.6 Å². The third-order valence-electron chi connectivity index (χ3n) is 6.00. The zero-order valence-electron chi connectivity index (χ0n) is 19.2. The Labute approximate surface area is 203 Å². The minimum atomic E-state index is -0.807. The number of hydrogen-bond acceptors (Lipinski definition) is 3. The maximum Gasteiger partial charge on any atom is 0.295 e. The summed E-state index contributed by atoms with van der Waals surface area (Å²) in [4.78, 5) is 27.7. The number of halogens is 2. The van der Waals surface area contributed by atoms with Crippen molar-refractivity contribution in [3.63, 3.8) is 0 Å². The van der Waals surface area contributed by atoms with Crippen molar-refractivity contribution >= 4 is 29.1 Å². The number of aliphatic hydroxyl groups excluding tert-OH is 1. The average Bonchev–Trinajstić information content (AvgIpc) is 3.04. The van der Waals surface area contributed by atoms with E-state index < -0.39 is 17.7 Å². The van der Waals surface area contributed by atoms with E-state index in [0.29, 0.717) is 21.7 Å². The fourth-order valence-corrected chi connectivity index (χ4v) is 4.32.